The number of aromatic hydroxyl groups is 4. The molecule has 1 amide bonds. The summed E-state index contributed by atoms with van der Waals surface area (Å²) in [6.07, 6.45) is 20.2. The third kappa shape index (κ3) is 13.1. The molecule has 8 N–H and O–H groups in total. The van der Waals surface area contributed by atoms with Crippen LogP contribution in [0.2, 0.25) is 0 Å². The van der Waals surface area contributed by atoms with Crippen molar-refractivity contribution >= 4 is 11.9 Å². The third-order valence-electron chi connectivity index (χ3n) is 9.80. The van der Waals surface area contributed by atoms with E-state index in [0.29, 0.717) is 53.7 Å². The molecule has 0 fully saturated rings. The molecule has 0 saturated carbocycles. The molecule has 0 aromatic heterocycles. The van der Waals surface area contributed by atoms with E-state index in [-0.39, 0.29) is 46.3 Å². The van der Waals surface area contributed by atoms with Gasteiger partial charge in [-0.05, 0) is 101 Å². The first-order valence-electron chi connectivity index (χ1n) is 19.3. The second-order valence-electron chi connectivity index (χ2n) is 14.2. The summed E-state index contributed by atoms with van der Waals surface area (Å²) in [7, 11) is 0. The number of amides is 1. The number of nitrogens with one attached hydrogen (secondary N) is 1. The molecule has 2 aliphatic carbocycles. The summed E-state index contributed by atoms with van der Waals surface area (Å²) in [5, 5.41) is 54.8. The Labute approximate surface area is 317 Å². The van der Waals surface area contributed by atoms with Crippen LogP contribution in [0.5, 0.6) is 23.0 Å². The Morgan fingerprint density at radius 1 is 0.774 bits per heavy atom. The number of hydrogen-bond donors (Lipinski definition) is 7. The van der Waals surface area contributed by atoms with Crippen molar-refractivity contribution < 1.29 is 35.1 Å². The van der Waals surface area contributed by atoms with E-state index in [9.17, 15) is 35.1 Å². The van der Waals surface area contributed by atoms with Crippen LogP contribution in [-0.4, -0.2) is 50.5 Å². The largest absolute Gasteiger partial charge is 0.507 e. The Bertz CT molecular complexity index is 1610. The standard InChI is InChI=1S/C22H31NO3.C19H26O4.C3H7N/c1-4-6-7-10-17-14-18(24)19(16-11-8-9-15(3)13-16)21(25)20(17)22(26)23-12-5-2;1-3-4-5-8-14-11-15(20)16(18(21)17(14)19(22)23)13-9-6-7-12(2)10-13;1-2-3-4/h5,13-14,16,24-25H,2,4,6-12H2,1,3H3,(H,23,26);10-11,13,20-21H,3-9H2,1-2H3,(H,22,23);2H,1,3-4H2. The van der Waals surface area contributed by atoms with Gasteiger partial charge in [0, 0.05) is 36.1 Å². The van der Waals surface area contributed by atoms with Crippen molar-refractivity contribution in [2.75, 3.05) is 13.1 Å². The molecule has 292 valence electrons. The molecule has 9 heteroatoms. The topological polar surface area (TPSA) is 173 Å². The summed E-state index contributed by atoms with van der Waals surface area (Å²) in [6.45, 7) is 16.2. The van der Waals surface area contributed by atoms with Gasteiger partial charge in [0.25, 0.3) is 5.91 Å². The molecule has 0 aliphatic heterocycles. The summed E-state index contributed by atoms with van der Waals surface area (Å²) in [4.78, 5) is 24.3. The van der Waals surface area contributed by atoms with Gasteiger partial charge in [-0.25, -0.2) is 4.79 Å². The second kappa shape index (κ2) is 23.2. The highest BCUT2D eigenvalue weighted by Crippen LogP contribution is 2.45. The maximum Gasteiger partial charge on any atom is 0.339 e. The van der Waals surface area contributed by atoms with Crippen molar-refractivity contribution in [3.05, 3.63) is 94.1 Å². The minimum atomic E-state index is -1.13. The quantitative estimate of drug-likeness (QED) is 0.0700. The van der Waals surface area contributed by atoms with Crippen LogP contribution in [0.15, 0.2) is 60.7 Å². The molecule has 2 atom stereocenters. The summed E-state index contributed by atoms with van der Waals surface area (Å²) >= 11 is 0. The molecule has 53 heavy (non-hydrogen) atoms. The molecule has 0 heterocycles. The van der Waals surface area contributed by atoms with E-state index in [1.807, 2.05) is 13.0 Å². The van der Waals surface area contributed by atoms with Crippen LogP contribution >= 0.6 is 0 Å². The molecule has 0 bridgehead atoms. The minimum Gasteiger partial charge on any atom is -0.507 e. The number of phenols is 4. The van der Waals surface area contributed by atoms with E-state index in [2.05, 4.69) is 45.3 Å². The SMILES string of the molecule is C=CCN.C=CCNC(=O)c1c(CCCCC)cc(O)c(C2C=C(C)CCC2)c1O.CCCCCc1cc(O)c(C2C=C(C)CCC2)c(O)c1C(=O)O. The van der Waals surface area contributed by atoms with Gasteiger partial charge in [0.1, 0.15) is 28.6 Å². The Morgan fingerprint density at radius 2 is 1.21 bits per heavy atom. The van der Waals surface area contributed by atoms with Crippen LogP contribution in [0.4, 0.5) is 0 Å². The highest BCUT2D eigenvalue weighted by Gasteiger charge is 2.29. The molecule has 9 nitrogen and oxygen atoms in total. The van der Waals surface area contributed by atoms with E-state index in [4.69, 9.17) is 5.73 Å². The van der Waals surface area contributed by atoms with Crippen molar-refractivity contribution in [3.63, 3.8) is 0 Å². The van der Waals surface area contributed by atoms with E-state index >= 15 is 0 Å². The monoisotopic (exact) mass is 732 g/mol. The number of phenolic OH excluding ortho intramolecular Hbond substituents is 3. The number of hydrogen-bond acceptors (Lipinski definition) is 7. The lowest BCUT2D eigenvalue weighted by Crippen LogP contribution is -2.25. The molecule has 2 aromatic carbocycles. The fourth-order valence-corrected chi connectivity index (χ4v) is 7.12. The predicted molar refractivity (Wildman–Crippen MR) is 215 cm³/mol. The van der Waals surface area contributed by atoms with Crippen molar-refractivity contribution in [2.45, 2.75) is 129 Å². The van der Waals surface area contributed by atoms with Crippen LogP contribution in [0.25, 0.3) is 0 Å². The van der Waals surface area contributed by atoms with Crippen LogP contribution in [0.3, 0.4) is 0 Å². The van der Waals surface area contributed by atoms with Crippen LogP contribution < -0.4 is 11.1 Å². The normalized spacial score (nSPS) is 16.5. The Kier molecular flexibility index (Phi) is 19.6. The lowest BCUT2D eigenvalue weighted by molar-refractivity contribution is 0.0691. The molecule has 0 spiro atoms. The average molecular weight is 733 g/mol. The number of nitrogens with two attached hydrogens (primary N) is 1. The van der Waals surface area contributed by atoms with Crippen LogP contribution in [-0.2, 0) is 12.8 Å². The van der Waals surface area contributed by atoms with Gasteiger partial charge in [-0.3, -0.25) is 4.79 Å². The molecule has 0 saturated heterocycles. The lowest BCUT2D eigenvalue weighted by atomic mass is 9.83. The fraction of sp³-hybridized carbons (Fsp3) is 0.500. The maximum absolute atomic E-state index is 12.7. The van der Waals surface area contributed by atoms with Gasteiger partial charge in [0.2, 0.25) is 0 Å². The number of aromatic carboxylic acids is 1. The Morgan fingerprint density at radius 3 is 1.58 bits per heavy atom. The second-order valence-corrected chi connectivity index (χ2v) is 14.2. The summed E-state index contributed by atoms with van der Waals surface area (Å²) in [6, 6.07) is 3.21. The number of carboxylic acids is 1. The summed E-state index contributed by atoms with van der Waals surface area (Å²) in [5.41, 5.74) is 9.68. The number of carbonyl (C=O) groups is 2. The zero-order chi connectivity index (χ0) is 39.5. The zero-order valence-corrected chi connectivity index (χ0v) is 32.5. The summed E-state index contributed by atoms with van der Waals surface area (Å²) in [5.74, 6) is -1.86. The number of benzene rings is 2. The molecule has 0 radical (unpaired) electrons. The molecule has 2 unspecified atom stereocenters. The number of aryl methyl sites for hydroxylation is 2. The minimum absolute atomic E-state index is 0.00921. The third-order valence-corrected chi connectivity index (χ3v) is 9.80. The molecule has 2 aromatic rings. The number of carboxylic acid groups (broad SMARTS) is 1. The highest BCUT2D eigenvalue weighted by atomic mass is 16.4. The first-order chi connectivity index (χ1) is 25.4. The molecule has 2 aliphatic rings. The fourth-order valence-electron chi connectivity index (χ4n) is 7.12. The maximum atomic E-state index is 12.7. The van der Waals surface area contributed by atoms with Crippen LogP contribution in [0.1, 0.15) is 160 Å². The smallest absolute Gasteiger partial charge is 0.339 e. The van der Waals surface area contributed by atoms with Gasteiger partial charge in [-0.1, -0.05) is 75.0 Å². The number of allylic oxidation sites excluding steroid dienone is 4. The van der Waals surface area contributed by atoms with Crippen LogP contribution in [0, 0.1) is 0 Å². The number of carbonyl (C=O) groups excluding carboxylic acids is 1. The molecular formula is C44H64N2O7. The van der Waals surface area contributed by atoms with E-state index in [1.54, 1.807) is 18.2 Å². The Hall–Kier alpha value is -4.50. The lowest BCUT2D eigenvalue weighted by Gasteiger charge is -2.24. The van der Waals surface area contributed by atoms with Gasteiger partial charge < -0.3 is 36.6 Å². The first kappa shape index (κ1) is 44.7. The predicted octanol–water partition coefficient (Wildman–Crippen LogP) is 9.83. The average Bonchev–Trinajstić information content (AvgIpc) is 3.11. The van der Waals surface area contributed by atoms with E-state index in [0.717, 1.165) is 77.0 Å². The van der Waals surface area contributed by atoms with E-state index < -0.39 is 5.97 Å². The van der Waals surface area contributed by atoms with Gasteiger partial charge >= 0.3 is 5.97 Å². The van der Waals surface area contributed by atoms with Gasteiger partial charge in [-0.15, -0.1) is 13.2 Å². The van der Waals surface area contributed by atoms with Gasteiger partial charge in [0.15, 0.2) is 0 Å². The zero-order valence-electron chi connectivity index (χ0n) is 32.5. The highest BCUT2D eigenvalue weighted by molar-refractivity contribution is 5.99. The van der Waals surface area contributed by atoms with Crippen molar-refractivity contribution in [1.29, 1.82) is 0 Å². The van der Waals surface area contributed by atoms with Gasteiger partial charge in [-0.2, -0.15) is 0 Å². The number of rotatable bonds is 15. The first-order valence-corrected chi connectivity index (χ1v) is 19.3. The van der Waals surface area contributed by atoms with Crippen molar-refractivity contribution in [2.24, 2.45) is 5.73 Å². The van der Waals surface area contributed by atoms with Crippen molar-refractivity contribution in [3.8, 4) is 23.0 Å². The van der Waals surface area contributed by atoms with E-state index in [1.165, 1.54) is 17.2 Å². The van der Waals surface area contributed by atoms with Crippen molar-refractivity contribution in [1.82, 2.24) is 5.32 Å². The Balaban J connectivity index is 0.000000335. The summed E-state index contributed by atoms with van der Waals surface area (Å²) < 4.78 is 0. The number of unbranched alkanes of at least 4 members (excludes halogenated alkanes) is 4. The molecular weight excluding hydrogens is 668 g/mol. The van der Waals surface area contributed by atoms with Gasteiger partial charge in [0.05, 0.1) is 5.56 Å². The molecule has 4 rings (SSSR count).